The van der Waals surface area contributed by atoms with Crippen LogP contribution < -0.4 is 10.6 Å². The van der Waals surface area contributed by atoms with Gasteiger partial charge in [0, 0.05) is 16.3 Å². The first-order valence-corrected chi connectivity index (χ1v) is 9.92. The maximum atomic E-state index is 12.5. The molecule has 0 amide bonds. The van der Waals surface area contributed by atoms with Crippen molar-refractivity contribution < 1.29 is 9.53 Å². The van der Waals surface area contributed by atoms with Crippen molar-refractivity contribution in [2.24, 2.45) is 0 Å². The number of carbonyl (C=O) groups excluding carboxylic acids is 1. The van der Waals surface area contributed by atoms with E-state index in [1.165, 1.54) is 4.88 Å². The van der Waals surface area contributed by atoms with E-state index in [-0.39, 0.29) is 5.97 Å². The number of esters is 1. The number of hydrogen-bond donors (Lipinski definition) is 2. The summed E-state index contributed by atoms with van der Waals surface area (Å²) in [4.78, 5) is 22.4. The van der Waals surface area contributed by atoms with Crippen molar-refractivity contribution in [3.8, 4) is 0 Å². The van der Waals surface area contributed by atoms with E-state index in [2.05, 4.69) is 20.6 Å². The normalized spacial score (nSPS) is 13.0. The molecule has 0 aromatic carbocycles. The van der Waals surface area contributed by atoms with E-state index in [0.717, 1.165) is 47.6 Å². The number of anilines is 2. The molecule has 0 saturated carbocycles. The minimum absolute atomic E-state index is 0.292. The molecule has 2 aromatic rings. The topological polar surface area (TPSA) is 76.1 Å². The standard InChI is InChI=1S/C18H22N4O2S2/c1-4-24-16(23)14-12-7-5-6-8-13(12)26-15(14)21-18(25)22-17-19-10(2)9-11(3)20-17/h9H,4-8H2,1-3H3,(H2,19,20,21,22,25). The van der Waals surface area contributed by atoms with Crippen molar-refractivity contribution in [1.29, 1.82) is 0 Å². The highest BCUT2D eigenvalue weighted by Crippen LogP contribution is 2.38. The smallest absolute Gasteiger partial charge is 0.341 e. The Balaban J connectivity index is 1.83. The van der Waals surface area contributed by atoms with Gasteiger partial charge < -0.3 is 15.4 Å². The van der Waals surface area contributed by atoms with Gasteiger partial charge in [-0.15, -0.1) is 11.3 Å². The molecule has 0 fully saturated rings. The Labute approximate surface area is 162 Å². The lowest BCUT2D eigenvalue weighted by Crippen LogP contribution is -2.22. The van der Waals surface area contributed by atoms with E-state index in [4.69, 9.17) is 17.0 Å². The van der Waals surface area contributed by atoms with Crippen molar-refractivity contribution in [3.63, 3.8) is 0 Å². The zero-order valence-electron chi connectivity index (χ0n) is 15.1. The Morgan fingerprint density at radius 2 is 1.92 bits per heavy atom. The first-order chi connectivity index (χ1) is 12.5. The van der Waals surface area contributed by atoms with Crippen molar-refractivity contribution in [2.45, 2.75) is 46.5 Å². The van der Waals surface area contributed by atoms with Crippen LogP contribution in [0.2, 0.25) is 0 Å². The van der Waals surface area contributed by atoms with Crippen LogP contribution in [0.5, 0.6) is 0 Å². The second kappa shape index (κ2) is 8.09. The Morgan fingerprint density at radius 3 is 2.62 bits per heavy atom. The first kappa shape index (κ1) is 18.7. The van der Waals surface area contributed by atoms with Crippen molar-refractivity contribution >= 4 is 45.6 Å². The molecule has 1 aliphatic carbocycles. The molecule has 0 aliphatic heterocycles. The predicted octanol–water partition coefficient (Wildman–Crippen LogP) is 4.02. The Bertz CT molecular complexity index is 828. The number of ether oxygens (including phenoxy) is 1. The highest BCUT2D eigenvalue weighted by atomic mass is 32.1. The third kappa shape index (κ3) is 4.19. The second-order valence-corrected chi connectivity index (χ2v) is 7.70. The molecule has 0 radical (unpaired) electrons. The summed E-state index contributed by atoms with van der Waals surface area (Å²) in [5, 5.41) is 7.25. The van der Waals surface area contributed by atoms with Crippen LogP contribution in [0.1, 0.15) is 52.0 Å². The molecule has 2 aromatic heterocycles. The number of aromatic nitrogens is 2. The monoisotopic (exact) mass is 390 g/mol. The fourth-order valence-electron chi connectivity index (χ4n) is 3.09. The number of thiocarbonyl (C=S) groups is 1. The summed E-state index contributed by atoms with van der Waals surface area (Å²) < 4.78 is 5.26. The van der Waals surface area contributed by atoms with Crippen LogP contribution in [-0.2, 0) is 17.6 Å². The van der Waals surface area contributed by atoms with Crippen molar-refractivity contribution in [2.75, 3.05) is 17.2 Å². The van der Waals surface area contributed by atoms with E-state index in [1.54, 1.807) is 11.3 Å². The number of thiophene rings is 1. The van der Waals surface area contributed by atoms with Crippen LogP contribution in [0.15, 0.2) is 6.07 Å². The maximum absolute atomic E-state index is 12.5. The van der Waals surface area contributed by atoms with E-state index in [9.17, 15) is 4.79 Å². The number of aryl methyl sites for hydroxylation is 3. The average Bonchev–Trinajstić information content (AvgIpc) is 2.91. The van der Waals surface area contributed by atoms with Gasteiger partial charge in [0.05, 0.1) is 12.2 Å². The van der Waals surface area contributed by atoms with Crippen molar-refractivity contribution in [1.82, 2.24) is 9.97 Å². The van der Waals surface area contributed by atoms with Gasteiger partial charge in [-0.25, -0.2) is 14.8 Å². The minimum Gasteiger partial charge on any atom is -0.462 e. The minimum atomic E-state index is -0.292. The highest BCUT2D eigenvalue weighted by molar-refractivity contribution is 7.80. The zero-order chi connectivity index (χ0) is 18.7. The van der Waals surface area contributed by atoms with Crippen LogP contribution in [0.3, 0.4) is 0 Å². The zero-order valence-corrected chi connectivity index (χ0v) is 16.8. The number of nitrogens with one attached hydrogen (secondary N) is 2. The molecule has 8 heteroatoms. The fourth-order valence-corrected chi connectivity index (χ4v) is 4.63. The van der Waals surface area contributed by atoms with E-state index < -0.39 is 0 Å². The molecule has 0 unspecified atom stereocenters. The maximum Gasteiger partial charge on any atom is 0.341 e. The van der Waals surface area contributed by atoms with Gasteiger partial charge in [0.15, 0.2) is 5.11 Å². The molecule has 2 heterocycles. The van der Waals surface area contributed by atoms with Gasteiger partial charge in [0.25, 0.3) is 0 Å². The van der Waals surface area contributed by atoms with Crippen molar-refractivity contribution in [3.05, 3.63) is 33.5 Å². The average molecular weight is 391 g/mol. The number of carbonyl (C=O) groups is 1. The van der Waals surface area contributed by atoms with Gasteiger partial charge in [-0.3, -0.25) is 0 Å². The summed E-state index contributed by atoms with van der Waals surface area (Å²) in [5.41, 5.74) is 3.45. The number of rotatable bonds is 4. The SMILES string of the molecule is CCOC(=O)c1c(NC(=S)Nc2nc(C)cc(C)n2)sc2c1CCCC2. The predicted molar refractivity (Wildman–Crippen MR) is 108 cm³/mol. The van der Waals surface area contributed by atoms with E-state index in [1.807, 2.05) is 26.8 Å². The van der Waals surface area contributed by atoms with Gasteiger partial charge in [-0.05, 0) is 70.3 Å². The summed E-state index contributed by atoms with van der Waals surface area (Å²) in [6.45, 7) is 5.97. The lowest BCUT2D eigenvalue weighted by Gasteiger charge is -2.13. The van der Waals surface area contributed by atoms with Crippen LogP contribution in [0.25, 0.3) is 0 Å². The fraction of sp³-hybridized carbons (Fsp3) is 0.444. The molecule has 0 bridgehead atoms. The molecule has 6 nitrogen and oxygen atoms in total. The summed E-state index contributed by atoms with van der Waals surface area (Å²) >= 11 is 6.99. The molecule has 138 valence electrons. The molecule has 0 saturated heterocycles. The quantitative estimate of drug-likeness (QED) is 0.603. The molecule has 3 rings (SSSR count). The van der Waals surface area contributed by atoms with E-state index >= 15 is 0 Å². The van der Waals surface area contributed by atoms with Crippen LogP contribution >= 0.6 is 23.6 Å². The molecule has 2 N–H and O–H groups in total. The Hall–Kier alpha value is -2.06. The summed E-state index contributed by atoms with van der Waals surface area (Å²) in [7, 11) is 0. The highest BCUT2D eigenvalue weighted by Gasteiger charge is 2.26. The third-order valence-corrected chi connectivity index (χ3v) is 5.50. The molecule has 0 atom stereocenters. The first-order valence-electron chi connectivity index (χ1n) is 8.70. The molecular formula is C18H22N4O2S2. The molecule has 26 heavy (non-hydrogen) atoms. The third-order valence-electron chi connectivity index (χ3n) is 4.09. The van der Waals surface area contributed by atoms with Gasteiger partial charge in [0.2, 0.25) is 5.95 Å². The van der Waals surface area contributed by atoms with Crippen LogP contribution in [0.4, 0.5) is 10.9 Å². The number of nitrogens with zero attached hydrogens (tertiary/aromatic N) is 2. The largest absolute Gasteiger partial charge is 0.462 e. The van der Waals surface area contributed by atoms with Gasteiger partial charge in [0.1, 0.15) is 5.00 Å². The van der Waals surface area contributed by atoms with Crippen LogP contribution in [-0.4, -0.2) is 27.7 Å². The van der Waals surface area contributed by atoms with Gasteiger partial charge in [-0.1, -0.05) is 0 Å². The molecule has 1 aliphatic rings. The Kier molecular flexibility index (Phi) is 5.83. The summed E-state index contributed by atoms with van der Waals surface area (Å²) in [6.07, 6.45) is 4.14. The molecular weight excluding hydrogens is 368 g/mol. The van der Waals surface area contributed by atoms with E-state index in [0.29, 0.717) is 23.2 Å². The Morgan fingerprint density at radius 1 is 1.23 bits per heavy atom. The summed E-state index contributed by atoms with van der Waals surface area (Å²) in [5.74, 6) is 0.152. The van der Waals surface area contributed by atoms with Gasteiger partial charge in [-0.2, -0.15) is 0 Å². The lowest BCUT2D eigenvalue weighted by molar-refractivity contribution is 0.0526. The molecule has 0 spiro atoms. The second-order valence-electron chi connectivity index (χ2n) is 6.19. The van der Waals surface area contributed by atoms with Crippen LogP contribution in [0, 0.1) is 13.8 Å². The number of fused-ring (bicyclic) bond motifs is 1. The lowest BCUT2D eigenvalue weighted by atomic mass is 9.95. The van der Waals surface area contributed by atoms with Gasteiger partial charge >= 0.3 is 5.97 Å². The number of hydrogen-bond acceptors (Lipinski definition) is 6. The summed E-state index contributed by atoms with van der Waals surface area (Å²) in [6, 6.07) is 1.90.